The molecule has 0 unspecified atom stereocenters. The van der Waals surface area contributed by atoms with Crippen molar-refractivity contribution >= 4 is 27.7 Å². The Morgan fingerprint density at radius 2 is 2.15 bits per heavy atom. The van der Waals surface area contributed by atoms with Crippen molar-refractivity contribution in [1.29, 1.82) is 0 Å². The lowest BCUT2D eigenvalue weighted by Gasteiger charge is -2.26. The Balaban J connectivity index is 2.50. The molecule has 0 aliphatic carbocycles. The van der Waals surface area contributed by atoms with E-state index in [0.29, 0.717) is 17.6 Å². The van der Waals surface area contributed by atoms with Gasteiger partial charge < -0.3 is 19.7 Å². The smallest absolute Gasteiger partial charge is 0.287 e. The predicted octanol–water partition coefficient (Wildman–Crippen LogP) is 1.39. The highest BCUT2D eigenvalue weighted by Crippen LogP contribution is 2.13. The monoisotopic (exact) mass is 346 g/mol. The van der Waals surface area contributed by atoms with E-state index in [0.717, 1.165) is 0 Å². The van der Waals surface area contributed by atoms with Crippen molar-refractivity contribution in [2.75, 3.05) is 19.7 Å². The van der Waals surface area contributed by atoms with Crippen molar-refractivity contribution < 1.29 is 19.1 Å². The van der Waals surface area contributed by atoms with Crippen LogP contribution in [0.15, 0.2) is 21.2 Å². The molecule has 0 aliphatic rings. The van der Waals surface area contributed by atoms with Gasteiger partial charge in [-0.25, -0.2) is 0 Å². The molecule has 0 saturated heterocycles. The number of carbonyl (C=O) groups is 2. The summed E-state index contributed by atoms with van der Waals surface area (Å²) in [5.41, 5.74) is 0. The first-order valence-corrected chi connectivity index (χ1v) is 7.19. The Hall–Kier alpha value is -1.34. The lowest BCUT2D eigenvalue weighted by molar-refractivity contribution is -0.131. The largest absolute Gasteiger partial charge is 0.444 e. The van der Waals surface area contributed by atoms with Crippen molar-refractivity contribution in [2.24, 2.45) is 0 Å². The third-order valence-corrected chi connectivity index (χ3v) is 3.12. The molecule has 0 radical (unpaired) electrons. The Bertz CT molecular complexity index is 459. The number of aliphatic hydroxyl groups is 1. The van der Waals surface area contributed by atoms with E-state index in [1.54, 1.807) is 11.0 Å². The van der Waals surface area contributed by atoms with E-state index in [1.165, 1.54) is 6.07 Å². The Labute approximate surface area is 126 Å². The molecule has 0 saturated carbocycles. The van der Waals surface area contributed by atoms with Crippen LogP contribution in [0.25, 0.3) is 0 Å². The van der Waals surface area contributed by atoms with Gasteiger partial charge in [0.2, 0.25) is 5.91 Å². The summed E-state index contributed by atoms with van der Waals surface area (Å²) in [6.07, 6.45) is 0.517. The van der Waals surface area contributed by atoms with E-state index in [9.17, 15) is 9.59 Å². The minimum absolute atomic E-state index is 0.0173. The molecule has 0 atom stereocenters. The van der Waals surface area contributed by atoms with Gasteiger partial charge in [0.05, 0.1) is 6.54 Å². The fraction of sp³-hybridized carbons (Fsp3) is 0.538. The van der Waals surface area contributed by atoms with Crippen molar-refractivity contribution in [3.63, 3.8) is 0 Å². The maximum atomic E-state index is 12.0. The topological polar surface area (TPSA) is 82.8 Å². The van der Waals surface area contributed by atoms with Crippen LogP contribution < -0.4 is 5.32 Å². The summed E-state index contributed by atoms with van der Waals surface area (Å²) < 4.78 is 5.56. The third-order valence-electron chi connectivity index (χ3n) is 2.70. The van der Waals surface area contributed by atoms with Crippen LogP contribution in [0.5, 0.6) is 0 Å². The quantitative estimate of drug-likeness (QED) is 0.781. The van der Waals surface area contributed by atoms with Crippen molar-refractivity contribution in [2.45, 2.75) is 26.3 Å². The molecule has 2 amide bonds. The number of furan rings is 1. The lowest BCUT2D eigenvalue weighted by atomic mass is 10.2. The standard InChI is InChI=1S/C13H19BrN2O4/c1-9(2)16(6-3-7-17)12(18)8-15-13(19)10-4-5-11(14)20-10/h4-5,9,17H,3,6-8H2,1-2H3,(H,15,19). The van der Waals surface area contributed by atoms with Gasteiger partial charge in [0.1, 0.15) is 0 Å². The number of amides is 2. The van der Waals surface area contributed by atoms with Crippen LogP contribution in [-0.2, 0) is 4.79 Å². The molecular weight excluding hydrogens is 328 g/mol. The molecule has 1 heterocycles. The van der Waals surface area contributed by atoms with Gasteiger partial charge in [0, 0.05) is 19.2 Å². The molecule has 2 N–H and O–H groups in total. The first-order valence-electron chi connectivity index (χ1n) is 6.39. The van der Waals surface area contributed by atoms with Gasteiger partial charge >= 0.3 is 0 Å². The maximum Gasteiger partial charge on any atom is 0.287 e. The van der Waals surface area contributed by atoms with Crippen LogP contribution in [-0.4, -0.2) is 47.6 Å². The molecule has 0 bridgehead atoms. The van der Waals surface area contributed by atoms with E-state index in [2.05, 4.69) is 21.2 Å². The molecule has 112 valence electrons. The number of hydrogen-bond donors (Lipinski definition) is 2. The number of hydrogen-bond acceptors (Lipinski definition) is 4. The van der Waals surface area contributed by atoms with Crippen LogP contribution in [0.4, 0.5) is 0 Å². The number of halogens is 1. The Morgan fingerprint density at radius 1 is 1.45 bits per heavy atom. The summed E-state index contributed by atoms with van der Waals surface area (Å²) in [5.74, 6) is -0.474. The summed E-state index contributed by atoms with van der Waals surface area (Å²) in [6, 6.07) is 3.15. The molecule has 1 aromatic rings. The zero-order chi connectivity index (χ0) is 15.1. The summed E-state index contributed by atoms with van der Waals surface area (Å²) in [6.45, 7) is 4.18. The molecule has 20 heavy (non-hydrogen) atoms. The van der Waals surface area contributed by atoms with Crippen molar-refractivity contribution in [3.05, 3.63) is 22.6 Å². The molecule has 0 aliphatic heterocycles. The first-order chi connectivity index (χ1) is 9.45. The van der Waals surface area contributed by atoms with E-state index in [4.69, 9.17) is 9.52 Å². The van der Waals surface area contributed by atoms with Crippen LogP contribution >= 0.6 is 15.9 Å². The van der Waals surface area contributed by atoms with E-state index in [1.807, 2.05) is 13.8 Å². The zero-order valence-corrected chi connectivity index (χ0v) is 13.1. The third kappa shape index (κ3) is 4.97. The fourth-order valence-corrected chi connectivity index (χ4v) is 2.00. The van der Waals surface area contributed by atoms with E-state index in [-0.39, 0.29) is 30.9 Å². The number of nitrogens with zero attached hydrogens (tertiary/aromatic N) is 1. The normalized spacial score (nSPS) is 10.7. The molecular formula is C13H19BrN2O4. The van der Waals surface area contributed by atoms with Crippen LogP contribution in [0.3, 0.4) is 0 Å². The Kier molecular flexibility index (Phi) is 6.74. The number of aliphatic hydroxyl groups excluding tert-OH is 1. The predicted molar refractivity (Wildman–Crippen MR) is 77.3 cm³/mol. The van der Waals surface area contributed by atoms with E-state index < -0.39 is 5.91 Å². The van der Waals surface area contributed by atoms with Crippen molar-refractivity contribution in [3.8, 4) is 0 Å². The molecule has 0 aromatic carbocycles. The highest BCUT2D eigenvalue weighted by atomic mass is 79.9. The van der Waals surface area contributed by atoms with Gasteiger partial charge in [-0.05, 0) is 48.3 Å². The highest BCUT2D eigenvalue weighted by molar-refractivity contribution is 9.10. The van der Waals surface area contributed by atoms with Crippen LogP contribution in [0, 0.1) is 0 Å². The summed E-state index contributed by atoms with van der Waals surface area (Å²) in [5, 5.41) is 11.3. The van der Waals surface area contributed by atoms with Gasteiger partial charge in [-0.2, -0.15) is 0 Å². The Morgan fingerprint density at radius 3 is 2.65 bits per heavy atom. The molecule has 1 aromatic heterocycles. The second-order valence-corrected chi connectivity index (χ2v) is 5.33. The fourth-order valence-electron chi connectivity index (χ4n) is 1.69. The van der Waals surface area contributed by atoms with Gasteiger partial charge in [-0.3, -0.25) is 9.59 Å². The molecule has 0 fully saturated rings. The molecule has 6 nitrogen and oxygen atoms in total. The maximum absolute atomic E-state index is 12.0. The van der Waals surface area contributed by atoms with Gasteiger partial charge in [-0.1, -0.05) is 0 Å². The van der Waals surface area contributed by atoms with Crippen LogP contribution in [0.1, 0.15) is 30.8 Å². The average molecular weight is 347 g/mol. The molecule has 1 rings (SSSR count). The zero-order valence-electron chi connectivity index (χ0n) is 11.6. The molecule has 0 spiro atoms. The average Bonchev–Trinajstić information content (AvgIpc) is 2.82. The minimum Gasteiger partial charge on any atom is -0.444 e. The minimum atomic E-state index is -0.435. The summed E-state index contributed by atoms with van der Waals surface area (Å²) >= 11 is 3.11. The van der Waals surface area contributed by atoms with Crippen molar-refractivity contribution in [1.82, 2.24) is 10.2 Å². The number of rotatable bonds is 7. The van der Waals surface area contributed by atoms with E-state index >= 15 is 0 Å². The van der Waals surface area contributed by atoms with Crippen LogP contribution in [0.2, 0.25) is 0 Å². The van der Waals surface area contributed by atoms with Gasteiger partial charge in [-0.15, -0.1) is 0 Å². The number of nitrogens with one attached hydrogen (secondary N) is 1. The summed E-state index contributed by atoms with van der Waals surface area (Å²) in [7, 11) is 0. The lowest BCUT2D eigenvalue weighted by Crippen LogP contribution is -2.44. The SMILES string of the molecule is CC(C)N(CCCO)C(=O)CNC(=O)c1ccc(Br)o1. The first kappa shape index (κ1) is 16.7. The number of carbonyl (C=O) groups excluding carboxylic acids is 2. The van der Waals surface area contributed by atoms with Gasteiger partial charge in [0.15, 0.2) is 10.4 Å². The second-order valence-electron chi connectivity index (χ2n) is 4.54. The second kappa shape index (κ2) is 8.06. The summed E-state index contributed by atoms with van der Waals surface area (Å²) in [4.78, 5) is 25.4. The van der Waals surface area contributed by atoms with Gasteiger partial charge in [0.25, 0.3) is 5.91 Å². The molecule has 7 heteroatoms. The highest BCUT2D eigenvalue weighted by Gasteiger charge is 2.18.